The normalized spacial score (nSPS) is 16.2. The molecule has 0 spiro atoms. The topological polar surface area (TPSA) is 59.3 Å². The summed E-state index contributed by atoms with van der Waals surface area (Å²) in [5.41, 5.74) is 1.86. The van der Waals surface area contributed by atoms with E-state index < -0.39 is 0 Å². The summed E-state index contributed by atoms with van der Waals surface area (Å²) < 4.78 is 6.91. The Hall–Kier alpha value is -1.99. The SMILES string of the molecule is COCCN1CCN(c2cncc(-c3cnn(C)c3)n2)CC1. The van der Waals surface area contributed by atoms with Crippen molar-refractivity contribution in [2.45, 2.75) is 0 Å². The molecule has 0 amide bonds. The number of aryl methyl sites for hydroxylation is 1. The lowest BCUT2D eigenvalue weighted by atomic mass is 10.2. The molecular weight excluding hydrogens is 280 g/mol. The van der Waals surface area contributed by atoms with Crippen molar-refractivity contribution >= 4 is 5.82 Å². The molecule has 0 atom stereocenters. The van der Waals surface area contributed by atoms with Crippen molar-refractivity contribution in [1.82, 2.24) is 24.6 Å². The molecule has 3 heterocycles. The molecule has 7 heteroatoms. The van der Waals surface area contributed by atoms with Crippen LogP contribution in [0.4, 0.5) is 5.82 Å². The maximum absolute atomic E-state index is 5.14. The standard InChI is InChI=1S/C15H22N6O/c1-19-12-13(9-17-19)14-10-16-11-15(18-14)21-5-3-20(4-6-21)7-8-22-2/h9-12H,3-8H2,1-2H3. The molecule has 22 heavy (non-hydrogen) atoms. The second-order valence-corrected chi connectivity index (χ2v) is 5.49. The summed E-state index contributed by atoms with van der Waals surface area (Å²) in [5, 5.41) is 4.19. The predicted octanol–water partition coefficient (Wildman–Crippen LogP) is 0.645. The first-order chi connectivity index (χ1) is 10.8. The average Bonchev–Trinajstić information content (AvgIpc) is 3.00. The number of methoxy groups -OCH3 is 1. The largest absolute Gasteiger partial charge is 0.383 e. The highest BCUT2D eigenvalue weighted by Crippen LogP contribution is 2.19. The zero-order chi connectivity index (χ0) is 15.4. The average molecular weight is 302 g/mol. The first-order valence-corrected chi connectivity index (χ1v) is 7.53. The van der Waals surface area contributed by atoms with Crippen molar-refractivity contribution in [3.05, 3.63) is 24.8 Å². The van der Waals surface area contributed by atoms with Gasteiger partial charge in [-0.1, -0.05) is 0 Å². The number of aromatic nitrogens is 4. The minimum atomic E-state index is 0.788. The van der Waals surface area contributed by atoms with Crippen LogP contribution in [-0.4, -0.2) is 71.1 Å². The molecule has 1 fully saturated rings. The molecule has 0 aliphatic carbocycles. The van der Waals surface area contributed by atoms with Gasteiger partial charge in [-0.15, -0.1) is 0 Å². The summed E-state index contributed by atoms with van der Waals surface area (Å²) >= 11 is 0. The number of hydrogen-bond acceptors (Lipinski definition) is 6. The van der Waals surface area contributed by atoms with Crippen LogP contribution in [-0.2, 0) is 11.8 Å². The van der Waals surface area contributed by atoms with E-state index in [1.807, 2.05) is 25.6 Å². The fourth-order valence-corrected chi connectivity index (χ4v) is 2.62. The molecule has 0 saturated carbocycles. The van der Waals surface area contributed by atoms with E-state index in [1.165, 1.54) is 0 Å². The molecule has 2 aromatic rings. The first-order valence-electron chi connectivity index (χ1n) is 7.53. The highest BCUT2D eigenvalue weighted by atomic mass is 16.5. The zero-order valence-corrected chi connectivity index (χ0v) is 13.1. The van der Waals surface area contributed by atoms with Crippen molar-refractivity contribution < 1.29 is 4.74 Å². The minimum Gasteiger partial charge on any atom is -0.383 e. The Morgan fingerprint density at radius 2 is 1.95 bits per heavy atom. The summed E-state index contributed by atoms with van der Waals surface area (Å²) in [7, 11) is 3.65. The third kappa shape index (κ3) is 3.42. The van der Waals surface area contributed by atoms with Crippen LogP contribution in [0, 0.1) is 0 Å². The summed E-state index contributed by atoms with van der Waals surface area (Å²) in [4.78, 5) is 13.8. The van der Waals surface area contributed by atoms with Gasteiger partial charge in [0.1, 0.15) is 5.82 Å². The Morgan fingerprint density at radius 1 is 1.14 bits per heavy atom. The predicted molar refractivity (Wildman–Crippen MR) is 84.8 cm³/mol. The highest BCUT2D eigenvalue weighted by molar-refractivity contribution is 5.58. The number of rotatable bonds is 5. The molecule has 2 aromatic heterocycles. The van der Waals surface area contributed by atoms with E-state index in [2.05, 4.69) is 19.9 Å². The van der Waals surface area contributed by atoms with Crippen molar-refractivity contribution in [3.8, 4) is 11.3 Å². The summed E-state index contributed by atoms with van der Waals surface area (Å²) in [5.74, 6) is 0.938. The number of piperazine rings is 1. The maximum Gasteiger partial charge on any atom is 0.147 e. The molecule has 118 valence electrons. The van der Waals surface area contributed by atoms with Gasteiger partial charge in [-0.3, -0.25) is 14.6 Å². The molecule has 1 aliphatic rings. The monoisotopic (exact) mass is 302 g/mol. The lowest BCUT2D eigenvalue weighted by Crippen LogP contribution is -2.47. The van der Waals surface area contributed by atoms with Crippen LogP contribution in [0.15, 0.2) is 24.8 Å². The number of ether oxygens (including phenoxy) is 1. The van der Waals surface area contributed by atoms with Crippen LogP contribution in [0.25, 0.3) is 11.3 Å². The number of hydrogen-bond donors (Lipinski definition) is 0. The van der Waals surface area contributed by atoms with Crippen LogP contribution >= 0.6 is 0 Å². The molecule has 1 aliphatic heterocycles. The minimum absolute atomic E-state index is 0.788. The third-order valence-electron chi connectivity index (χ3n) is 3.93. The molecule has 0 aromatic carbocycles. The molecule has 1 saturated heterocycles. The van der Waals surface area contributed by atoms with E-state index in [1.54, 1.807) is 18.0 Å². The van der Waals surface area contributed by atoms with Crippen molar-refractivity contribution in [3.63, 3.8) is 0 Å². The Kier molecular flexibility index (Phi) is 4.65. The van der Waals surface area contributed by atoms with E-state index in [9.17, 15) is 0 Å². The van der Waals surface area contributed by atoms with E-state index >= 15 is 0 Å². The van der Waals surface area contributed by atoms with Gasteiger partial charge in [-0.05, 0) is 0 Å². The van der Waals surface area contributed by atoms with Gasteiger partial charge < -0.3 is 9.64 Å². The molecule has 7 nitrogen and oxygen atoms in total. The van der Waals surface area contributed by atoms with Crippen LogP contribution in [0.2, 0.25) is 0 Å². The fourth-order valence-electron chi connectivity index (χ4n) is 2.62. The van der Waals surface area contributed by atoms with Crippen LogP contribution in [0.5, 0.6) is 0 Å². The fraction of sp³-hybridized carbons (Fsp3) is 0.533. The number of nitrogens with zero attached hydrogens (tertiary/aromatic N) is 6. The summed E-state index contributed by atoms with van der Waals surface area (Å²) in [6, 6.07) is 0. The van der Waals surface area contributed by atoms with Gasteiger partial charge in [0, 0.05) is 58.6 Å². The lowest BCUT2D eigenvalue weighted by Gasteiger charge is -2.35. The second-order valence-electron chi connectivity index (χ2n) is 5.49. The van der Waals surface area contributed by atoms with Gasteiger partial charge in [-0.25, -0.2) is 4.98 Å². The van der Waals surface area contributed by atoms with E-state index in [-0.39, 0.29) is 0 Å². The van der Waals surface area contributed by atoms with E-state index in [4.69, 9.17) is 9.72 Å². The smallest absolute Gasteiger partial charge is 0.147 e. The third-order valence-corrected chi connectivity index (χ3v) is 3.93. The van der Waals surface area contributed by atoms with Crippen LogP contribution in [0.1, 0.15) is 0 Å². The molecule has 0 N–H and O–H groups in total. The first kappa shape index (κ1) is 14.9. The number of anilines is 1. The summed E-state index contributed by atoms with van der Waals surface area (Å²) in [6.45, 7) is 5.77. The maximum atomic E-state index is 5.14. The van der Waals surface area contributed by atoms with Crippen LogP contribution < -0.4 is 4.90 Å². The van der Waals surface area contributed by atoms with Gasteiger partial charge in [0.15, 0.2) is 0 Å². The van der Waals surface area contributed by atoms with Gasteiger partial charge in [0.05, 0.1) is 30.9 Å². The quantitative estimate of drug-likeness (QED) is 0.808. The van der Waals surface area contributed by atoms with E-state index in [0.717, 1.165) is 56.4 Å². The molecular formula is C15H22N6O. The molecule has 3 rings (SSSR count). The second kappa shape index (κ2) is 6.85. The van der Waals surface area contributed by atoms with Gasteiger partial charge in [0.25, 0.3) is 0 Å². The Morgan fingerprint density at radius 3 is 2.64 bits per heavy atom. The highest BCUT2D eigenvalue weighted by Gasteiger charge is 2.18. The molecule has 0 bridgehead atoms. The van der Waals surface area contributed by atoms with Gasteiger partial charge in [-0.2, -0.15) is 5.10 Å². The molecule has 0 radical (unpaired) electrons. The van der Waals surface area contributed by atoms with Gasteiger partial charge >= 0.3 is 0 Å². The van der Waals surface area contributed by atoms with Crippen molar-refractivity contribution in [2.75, 3.05) is 51.3 Å². The Balaban J connectivity index is 1.66. The zero-order valence-electron chi connectivity index (χ0n) is 13.1. The van der Waals surface area contributed by atoms with Crippen molar-refractivity contribution in [2.24, 2.45) is 7.05 Å². The van der Waals surface area contributed by atoms with Crippen LogP contribution in [0.3, 0.4) is 0 Å². The lowest BCUT2D eigenvalue weighted by molar-refractivity contribution is 0.144. The van der Waals surface area contributed by atoms with Gasteiger partial charge in [0.2, 0.25) is 0 Å². The molecule has 0 unspecified atom stereocenters. The Labute approximate surface area is 130 Å². The Bertz CT molecular complexity index is 606. The van der Waals surface area contributed by atoms with Crippen molar-refractivity contribution in [1.29, 1.82) is 0 Å². The van der Waals surface area contributed by atoms with E-state index in [0.29, 0.717) is 0 Å². The summed E-state index contributed by atoms with van der Waals surface area (Å²) in [6.07, 6.45) is 7.40.